The van der Waals surface area contributed by atoms with Crippen LogP contribution < -0.4 is 5.73 Å². The maximum absolute atomic E-state index is 13.3. The number of rotatable bonds is 2. The summed E-state index contributed by atoms with van der Waals surface area (Å²) in [5, 5.41) is 6.32. The van der Waals surface area contributed by atoms with Crippen LogP contribution in [-0.4, -0.2) is 15.2 Å². The lowest BCUT2D eigenvalue weighted by Gasteiger charge is -1.96. The molecule has 1 heterocycles. The fraction of sp³-hybridized carbons (Fsp3) is 0.111. The van der Waals surface area contributed by atoms with Crippen molar-refractivity contribution in [1.82, 2.24) is 15.2 Å². The highest BCUT2D eigenvalue weighted by Gasteiger charge is 2.10. The molecule has 1 aromatic carbocycles. The number of hydrogen-bond acceptors (Lipinski definition) is 3. The Morgan fingerprint density at radius 3 is 2.73 bits per heavy atom. The molecule has 0 aliphatic heterocycles. The zero-order valence-corrected chi connectivity index (χ0v) is 7.67. The van der Waals surface area contributed by atoms with Crippen LogP contribution in [-0.2, 0) is 6.54 Å². The van der Waals surface area contributed by atoms with Crippen LogP contribution in [0.1, 0.15) is 5.82 Å². The number of aromatic amines is 1. The van der Waals surface area contributed by atoms with Gasteiger partial charge in [-0.3, -0.25) is 5.10 Å². The highest BCUT2D eigenvalue weighted by Crippen LogP contribution is 2.19. The number of aromatic nitrogens is 3. The van der Waals surface area contributed by atoms with Gasteiger partial charge in [-0.05, 0) is 12.1 Å². The third-order valence-electron chi connectivity index (χ3n) is 1.90. The zero-order chi connectivity index (χ0) is 10.8. The van der Waals surface area contributed by atoms with E-state index in [4.69, 9.17) is 5.73 Å². The first-order chi connectivity index (χ1) is 7.20. The summed E-state index contributed by atoms with van der Waals surface area (Å²) in [6.07, 6.45) is 0. The van der Waals surface area contributed by atoms with Gasteiger partial charge in [0.05, 0.1) is 12.1 Å². The predicted molar refractivity (Wildman–Crippen MR) is 49.6 cm³/mol. The highest BCUT2D eigenvalue weighted by atomic mass is 19.1. The molecular formula is C9H8F2N4. The lowest BCUT2D eigenvalue weighted by molar-refractivity contribution is 0.585. The Hall–Kier alpha value is -1.82. The fourth-order valence-corrected chi connectivity index (χ4v) is 1.18. The van der Waals surface area contributed by atoms with Crippen molar-refractivity contribution in [3.8, 4) is 11.4 Å². The number of nitrogens with zero attached hydrogens (tertiary/aromatic N) is 2. The first-order valence-corrected chi connectivity index (χ1v) is 4.27. The molecule has 0 amide bonds. The van der Waals surface area contributed by atoms with Crippen molar-refractivity contribution in [3.05, 3.63) is 35.7 Å². The van der Waals surface area contributed by atoms with Crippen molar-refractivity contribution >= 4 is 0 Å². The largest absolute Gasteiger partial charge is 0.324 e. The van der Waals surface area contributed by atoms with Crippen molar-refractivity contribution in [3.63, 3.8) is 0 Å². The van der Waals surface area contributed by atoms with Crippen LogP contribution in [0.2, 0.25) is 0 Å². The molecule has 2 aromatic rings. The van der Waals surface area contributed by atoms with Crippen molar-refractivity contribution in [2.45, 2.75) is 6.54 Å². The van der Waals surface area contributed by atoms with Gasteiger partial charge in [-0.1, -0.05) is 0 Å². The Morgan fingerprint density at radius 2 is 2.13 bits per heavy atom. The fourth-order valence-electron chi connectivity index (χ4n) is 1.18. The molecule has 0 saturated heterocycles. The molecule has 0 atom stereocenters. The Bertz CT molecular complexity index is 481. The summed E-state index contributed by atoms with van der Waals surface area (Å²) in [7, 11) is 0. The number of hydrogen-bond donors (Lipinski definition) is 2. The van der Waals surface area contributed by atoms with Crippen LogP contribution in [0, 0.1) is 11.6 Å². The minimum Gasteiger partial charge on any atom is -0.324 e. The van der Waals surface area contributed by atoms with E-state index in [0.717, 1.165) is 12.1 Å². The van der Waals surface area contributed by atoms with E-state index in [0.29, 0.717) is 5.82 Å². The summed E-state index contributed by atoms with van der Waals surface area (Å²) in [4.78, 5) is 3.94. The maximum Gasteiger partial charge on any atom is 0.184 e. The maximum atomic E-state index is 13.3. The van der Waals surface area contributed by atoms with E-state index < -0.39 is 11.6 Å². The average Bonchev–Trinajstić information content (AvgIpc) is 2.66. The lowest BCUT2D eigenvalue weighted by atomic mass is 10.2. The Kier molecular flexibility index (Phi) is 2.42. The first kappa shape index (κ1) is 9.72. The summed E-state index contributed by atoms with van der Waals surface area (Å²) in [6, 6.07) is 3.22. The molecule has 78 valence electrons. The SMILES string of the molecule is NCc1nc(-c2ccc(F)cc2F)n[nH]1. The number of H-pyrrole nitrogens is 1. The molecular weight excluding hydrogens is 202 g/mol. The van der Waals surface area contributed by atoms with E-state index in [1.165, 1.54) is 6.07 Å². The van der Waals surface area contributed by atoms with E-state index >= 15 is 0 Å². The molecule has 0 aliphatic carbocycles. The van der Waals surface area contributed by atoms with Crippen molar-refractivity contribution < 1.29 is 8.78 Å². The van der Waals surface area contributed by atoms with Crippen molar-refractivity contribution in [2.24, 2.45) is 5.73 Å². The molecule has 1 aromatic heterocycles. The number of nitrogens with one attached hydrogen (secondary N) is 1. The van der Waals surface area contributed by atoms with Gasteiger partial charge in [0.25, 0.3) is 0 Å². The monoisotopic (exact) mass is 210 g/mol. The molecule has 0 saturated carbocycles. The van der Waals surface area contributed by atoms with E-state index in [2.05, 4.69) is 15.2 Å². The van der Waals surface area contributed by atoms with Gasteiger partial charge in [0.1, 0.15) is 17.5 Å². The Labute approximate surface area is 84.1 Å². The Morgan fingerprint density at radius 1 is 1.33 bits per heavy atom. The second-order valence-corrected chi connectivity index (χ2v) is 2.93. The summed E-state index contributed by atoms with van der Waals surface area (Å²) in [5.74, 6) is -0.704. The first-order valence-electron chi connectivity index (χ1n) is 4.27. The van der Waals surface area contributed by atoms with Gasteiger partial charge in [0.15, 0.2) is 5.82 Å². The normalized spacial score (nSPS) is 10.6. The molecule has 4 nitrogen and oxygen atoms in total. The van der Waals surface area contributed by atoms with Crippen LogP contribution >= 0.6 is 0 Å². The van der Waals surface area contributed by atoms with Crippen LogP contribution in [0.3, 0.4) is 0 Å². The number of halogens is 2. The molecule has 0 radical (unpaired) electrons. The molecule has 2 rings (SSSR count). The number of nitrogens with two attached hydrogens (primary N) is 1. The molecule has 0 unspecified atom stereocenters. The standard InChI is InChI=1S/C9H8F2N4/c10-5-1-2-6(7(11)3-5)9-13-8(4-12)14-15-9/h1-3H,4,12H2,(H,13,14,15). The molecule has 0 aliphatic rings. The zero-order valence-electron chi connectivity index (χ0n) is 7.67. The Balaban J connectivity index is 2.44. The van der Waals surface area contributed by atoms with Crippen LogP contribution in [0.5, 0.6) is 0 Å². The van der Waals surface area contributed by atoms with Crippen molar-refractivity contribution in [1.29, 1.82) is 0 Å². The highest BCUT2D eigenvalue weighted by molar-refractivity contribution is 5.55. The minimum absolute atomic E-state index is 0.146. The third-order valence-corrected chi connectivity index (χ3v) is 1.90. The topological polar surface area (TPSA) is 67.6 Å². The lowest BCUT2D eigenvalue weighted by Crippen LogP contribution is -1.98. The molecule has 15 heavy (non-hydrogen) atoms. The predicted octanol–water partition coefficient (Wildman–Crippen LogP) is 1.21. The summed E-state index contributed by atoms with van der Waals surface area (Å²) < 4.78 is 25.9. The van der Waals surface area contributed by atoms with Gasteiger partial charge in [-0.15, -0.1) is 0 Å². The quantitative estimate of drug-likeness (QED) is 0.782. The van der Waals surface area contributed by atoms with Crippen LogP contribution in [0.25, 0.3) is 11.4 Å². The van der Waals surface area contributed by atoms with E-state index in [-0.39, 0.29) is 17.9 Å². The van der Waals surface area contributed by atoms with Gasteiger partial charge in [0, 0.05) is 6.07 Å². The van der Waals surface area contributed by atoms with Gasteiger partial charge >= 0.3 is 0 Å². The van der Waals surface area contributed by atoms with Crippen LogP contribution in [0.4, 0.5) is 8.78 Å². The molecule has 0 spiro atoms. The van der Waals surface area contributed by atoms with E-state index in [9.17, 15) is 8.78 Å². The summed E-state index contributed by atoms with van der Waals surface area (Å²) in [5.41, 5.74) is 5.46. The third kappa shape index (κ3) is 1.84. The van der Waals surface area contributed by atoms with Gasteiger partial charge in [0.2, 0.25) is 0 Å². The average molecular weight is 210 g/mol. The van der Waals surface area contributed by atoms with Gasteiger partial charge in [-0.25, -0.2) is 13.8 Å². The van der Waals surface area contributed by atoms with Crippen molar-refractivity contribution in [2.75, 3.05) is 0 Å². The minimum atomic E-state index is -0.697. The second kappa shape index (κ2) is 3.74. The summed E-state index contributed by atoms with van der Waals surface area (Å²) in [6.45, 7) is 0.190. The van der Waals surface area contributed by atoms with Crippen LogP contribution in [0.15, 0.2) is 18.2 Å². The number of benzene rings is 1. The molecule has 3 N–H and O–H groups in total. The smallest absolute Gasteiger partial charge is 0.184 e. The molecule has 0 fully saturated rings. The molecule has 0 bridgehead atoms. The van der Waals surface area contributed by atoms with Gasteiger partial charge < -0.3 is 5.73 Å². The molecule has 6 heteroatoms. The van der Waals surface area contributed by atoms with E-state index in [1.807, 2.05) is 0 Å². The second-order valence-electron chi connectivity index (χ2n) is 2.93. The van der Waals surface area contributed by atoms with Gasteiger partial charge in [-0.2, -0.15) is 5.10 Å². The van der Waals surface area contributed by atoms with E-state index in [1.54, 1.807) is 0 Å². The summed E-state index contributed by atoms with van der Waals surface area (Å²) >= 11 is 0.